The molecular formula is C52H65N9O10S. The number of hydrogen-bond acceptors (Lipinski definition) is 14. The van der Waals surface area contributed by atoms with Gasteiger partial charge < -0.3 is 50.3 Å². The summed E-state index contributed by atoms with van der Waals surface area (Å²) < 4.78 is 5.95. The van der Waals surface area contributed by atoms with Crippen molar-refractivity contribution in [2.45, 2.75) is 106 Å². The first-order valence-corrected chi connectivity index (χ1v) is 25.4. The van der Waals surface area contributed by atoms with Crippen LogP contribution in [0.4, 0.5) is 5.69 Å². The fraction of sp³-hybridized carbons (Fsp3) is 0.481. The Labute approximate surface area is 424 Å². The lowest BCUT2D eigenvalue weighted by atomic mass is 9.93. The minimum atomic E-state index is -1.70. The number of likely N-dealkylation sites (N-methyl/N-ethyl adjacent to an activating group) is 1. The van der Waals surface area contributed by atoms with E-state index < -0.39 is 102 Å². The van der Waals surface area contributed by atoms with E-state index in [1.165, 1.54) is 58.8 Å². The molecule has 0 aliphatic carbocycles. The molecule has 0 bridgehead atoms. The molecular weight excluding hydrogens is 943 g/mol. The maximum atomic E-state index is 15.6. The van der Waals surface area contributed by atoms with Crippen molar-refractivity contribution in [3.8, 4) is 5.75 Å². The van der Waals surface area contributed by atoms with Crippen LogP contribution in [0.5, 0.6) is 5.75 Å². The second kappa shape index (κ2) is 23.6. The van der Waals surface area contributed by atoms with Crippen molar-refractivity contribution < 1.29 is 48.2 Å². The minimum Gasteiger partial charge on any atom is -0.505 e. The zero-order valence-electron chi connectivity index (χ0n) is 41.6. The van der Waals surface area contributed by atoms with Gasteiger partial charge in [0.25, 0.3) is 5.91 Å². The zero-order chi connectivity index (χ0) is 51.8. The molecule has 4 saturated heterocycles. The third-order valence-electron chi connectivity index (χ3n) is 13.9. The summed E-state index contributed by atoms with van der Waals surface area (Å²) in [5, 5.41) is 20.5. The number of rotatable bonds is 9. The van der Waals surface area contributed by atoms with Gasteiger partial charge in [-0.15, -0.1) is 11.8 Å². The summed E-state index contributed by atoms with van der Waals surface area (Å²) in [6.45, 7) is 4.69. The molecule has 2 aromatic carbocycles. The van der Waals surface area contributed by atoms with Crippen LogP contribution in [-0.4, -0.2) is 173 Å². The number of Topliss-reactive ketones (excluding diaryl/α,β-unsaturated/α-hetero) is 1. The number of carbonyl (C=O) groups excluding carboxylic acids is 8. The highest BCUT2D eigenvalue weighted by atomic mass is 32.2. The molecule has 4 aliphatic rings. The molecule has 0 spiro atoms. The number of ether oxygens (including phenoxy) is 1. The third kappa shape index (κ3) is 12.3. The number of aromatic nitrogens is 1. The van der Waals surface area contributed by atoms with Gasteiger partial charge in [-0.25, -0.2) is 9.78 Å². The van der Waals surface area contributed by atoms with E-state index in [0.29, 0.717) is 17.6 Å². The number of piperidine rings is 2. The first-order valence-electron chi connectivity index (χ1n) is 24.5. The number of aromatic hydroxyl groups is 1. The topological polar surface area (TPSA) is 231 Å². The summed E-state index contributed by atoms with van der Waals surface area (Å²) in [7, 11) is 7.35. The Hall–Kier alpha value is -6.80. The van der Waals surface area contributed by atoms with Gasteiger partial charge in [0.15, 0.2) is 17.5 Å². The highest BCUT2D eigenvalue weighted by molar-refractivity contribution is 8.02. The van der Waals surface area contributed by atoms with Crippen LogP contribution in [0, 0.1) is 0 Å². The molecule has 0 unspecified atom stereocenters. The number of nitrogens with one attached hydrogen (secondary N) is 3. The summed E-state index contributed by atoms with van der Waals surface area (Å²) in [4.78, 5) is 129. The number of pyridine rings is 1. The zero-order valence-corrected chi connectivity index (χ0v) is 42.4. The van der Waals surface area contributed by atoms with E-state index in [2.05, 4.69) is 32.9 Å². The molecule has 7 rings (SSSR count). The summed E-state index contributed by atoms with van der Waals surface area (Å²) in [5.41, 5.74) is 1.76. The predicted molar refractivity (Wildman–Crippen MR) is 269 cm³/mol. The lowest BCUT2D eigenvalue weighted by Crippen LogP contribution is -2.61. The number of thioether (sulfide) groups is 1. The van der Waals surface area contributed by atoms with Gasteiger partial charge in [0.1, 0.15) is 42.1 Å². The Morgan fingerprint density at radius 1 is 0.861 bits per heavy atom. The van der Waals surface area contributed by atoms with Gasteiger partial charge in [0.2, 0.25) is 29.5 Å². The van der Waals surface area contributed by atoms with Gasteiger partial charge in [-0.3, -0.25) is 33.6 Å². The monoisotopic (exact) mass is 1010 g/mol. The van der Waals surface area contributed by atoms with E-state index in [0.717, 1.165) is 31.6 Å². The number of likely N-dealkylation sites (tertiary alicyclic amines) is 1. The van der Waals surface area contributed by atoms with Gasteiger partial charge in [-0.2, -0.15) is 0 Å². The molecule has 0 radical (unpaired) electrons. The molecule has 7 atom stereocenters. The normalized spacial score (nSPS) is 26.2. The van der Waals surface area contributed by atoms with Crippen molar-refractivity contribution in [2.24, 2.45) is 0 Å². The summed E-state index contributed by atoms with van der Waals surface area (Å²) in [6, 6.07) is 9.99. The molecule has 4 aliphatic heterocycles. The third-order valence-corrected chi connectivity index (χ3v) is 15.2. The van der Waals surface area contributed by atoms with Crippen LogP contribution in [0.25, 0.3) is 0 Å². The van der Waals surface area contributed by atoms with E-state index in [-0.39, 0.29) is 48.9 Å². The number of ketones is 1. The maximum Gasteiger partial charge on any atom is 0.333 e. The van der Waals surface area contributed by atoms with Crippen molar-refractivity contribution in [3.05, 3.63) is 101 Å². The lowest BCUT2D eigenvalue weighted by molar-refractivity contribution is -0.156. The van der Waals surface area contributed by atoms with Crippen molar-refractivity contribution in [1.82, 2.24) is 40.5 Å². The number of carbonyl (C=O) groups is 8. The second-order valence-electron chi connectivity index (χ2n) is 19.1. The molecule has 0 saturated carbocycles. The number of amides is 6. The molecule has 72 heavy (non-hydrogen) atoms. The molecule has 19 nitrogen and oxygen atoms in total. The van der Waals surface area contributed by atoms with E-state index in [1.807, 2.05) is 43.3 Å². The number of benzene rings is 2. The molecule has 4 N–H and O–H groups in total. The standard InChI is InChI=1S/C52H65N9O10S/c1-7-37-49(67)60-24-12-15-38(60)50(68)59(6)40(27-32-17-19-35(20-18-32)57(3)4)51(69)61-29-34(30-72-36-21-25-58(5)26-22-36)42(63)28-39(61)46(64)56-44(33-13-9-8-10-14-33)52(70)71-31(2)43(47(65)54-37)55-48(66)45-41(62)16-11-23-53-45/h8-11,13-14,16-20,23,30-31,36-40,43-44,62H,7,12,15,21-22,24-29H2,1-6H3,(H,54,65)(H,55,66)(H,56,64)/b34-30-/t31-,37-,38+,39+,40+,43+,44+/m1/s1. The van der Waals surface area contributed by atoms with E-state index in [1.54, 1.807) is 42.7 Å². The van der Waals surface area contributed by atoms with Gasteiger partial charge in [-0.05, 0) is 100.0 Å². The quantitative estimate of drug-likeness (QED) is 0.179. The van der Waals surface area contributed by atoms with Crippen LogP contribution in [0.1, 0.15) is 80.0 Å². The Balaban J connectivity index is 1.32. The van der Waals surface area contributed by atoms with Gasteiger partial charge >= 0.3 is 5.97 Å². The van der Waals surface area contributed by atoms with Gasteiger partial charge in [0.05, 0.1) is 6.54 Å². The van der Waals surface area contributed by atoms with Crippen LogP contribution < -0.4 is 20.9 Å². The summed E-state index contributed by atoms with van der Waals surface area (Å²) >= 11 is 1.52. The van der Waals surface area contributed by atoms with Crippen molar-refractivity contribution in [3.63, 3.8) is 0 Å². The van der Waals surface area contributed by atoms with Crippen LogP contribution in [-0.2, 0) is 44.7 Å². The first-order chi connectivity index (χ1) is 34.4. The fourth-order valence-corrected chi connectivity index (χ4v) is 10.6. The molecule has 5 heterocycles. The SMILES string of the molecule is CC[C@H]1NC(=O)[C@@H](NC(=O)c2ncccc2O)[C@@H](C)OC(=O)[C@H](c2ccccc2)NC(=O)[C@@H]2CC(=O)/C(=C\SC3CCN(C)CC3)CN2C(=O)[C@H](Cc2ccc(N(C)C)cc2)N(C)C(=O)[C@@H]2CCCN2C1=O. The molecule has 4 fully saturated rings. The highest BCUT2D eigenvalue weighted by Crippen LogP contribution is 2.31. The number of fused-ring (bicyclic) bond motifs is 2. The average molecular weight is 1010 g/mol. The van der Waals surface area contributed by atoms with Gasteiger partial charge in [-0.1, -0.05) is 49.4 Å². The first kappa shape index (κ1) is 53.0. The fourth-order valence-electron chi connectivity index (χ4n) is 9.54. The average Bonchev–Trinajstić information content (AvgIpc) is 3.87. The Bertz CT molecular complexity index is 2540. The van der Waals surface area contributed by atoms with Crippen molar-refractivity contribution in [2.75, 3.05) is 59.3 Å². The number of anilines is 1. The summed E-state index contributed by atoms with van der Waals surface area (Å²) in [5.74, 6) is -6.44. The van der Waals surface area contributed by atoms with E-state index in [4.69, 9.17) is 4.74 Å². The number of cyclic esters (lactones) is 1. The highest BCUT2D eigenvalue weighted by Gasteiger charge is 2.46. The molecule has 6 amide bonds. The Morgan fingerprint density at radius 3 is 2.24 bits per heavy atom. The minimum absolute atomic E-state index is 0.00546. The van der Waals surface area contributed by atoms with Crippen LogP contribution in [0.2, 0.25) is 0 Å². The number of nitrogens with zero attached hydrogens (tertiary/aromatic N) is 6. The van der Waals surface area contributed by atoms with Gasteiger partial charge in [0, 0.05) is 63.2 Å². The van der Waals surface area contributed by atoms with Crippen LogP contribution in [0.3, 0.4) is 0 Å². The predicted octanol–water partition coefficient (Wildman–Crippen LogP) is 2.59. The smallest absolute Gasteiger partial charge is 0.333 e. The van der Waals surface area contributed by atoms with Crippen LogP contribution in [0.15, 0.2) is 83.9 Å². The van der Waals surface area contributed by atoms with E-state index in [9.17, 15) is 33.9 Å². The maximum absolute atomic E-state index is 15.6. The second-order valence-corrected chi connectivity index (χ2v) is 20.3. The number of esters is 1. The molecule has 3 aromatic rings. The van der Waals surface area contributed by atoms with Crippen LogP contribution >= 0.6 is 11.8 Å². The van der Waals surface area contributed by atoms with Crippen molar-refractivity contribution >= 4 is 64.6 Å². The Kier molecular flexibility index (Phi) is 17.4. The Morgan fingerprint density at radius 2 is 1.57 bits per heavy atom. The molecule has 1 aromatic heterocycles. The molecule has 384 valence electrons. The largest absolute Gasteiger partial charge is 0.505 e. The molecule has 20 heteroatoms. The van der Waals surface area contributed by atoms with E-state index >= 15 is 9.59 Å². The lowest BCUT2D eigenvalue weighted by Gasteiger charge is -2.40. The van der Waals surface area contributed by atoms with Crippen molar-refractivity contribution in [1.29, 1.82) is 0 Å². The number of hydrogen-bond donors (Lipinski definition) is 4. The summed E-state index contributed by atoms with van der Waals surface area (Å²) in [6.07, 6.45) is 1.88.